The zero-order chi connectivity index (χ0) is 31.0. The fourth-order valence-corrected chi connectivity index (χ4v) is 9.17. The van der Waals surface area contributed by atoms with Crippen molar-refractivity contribution in [3.63, 3.8) is 0 Å². The monoisotopic (exact) mass is 627 g/mol. The maximum atomic E-state index is 13.4. The summed E-state index contributed by atoms with van der Waals surface area (Å²) < 4.78 is 35.0. The van der Waals surface area contributed by atoms with Crippen molar-refractivity contribution in [3.8, 4) is 0 Å². The Kier molecular flexibility index (Phi) is 9.15. The van der Waals surface area contributed by atoms with Crippen molar-refractivity contribution in [2.45, 2.75) is 89.1 Å². The number of pyridine rings is 1. The van der Waals surface area contributed by atoms with E-state index in [1.807, 2.05) is 38.1 Å². The molecule has 0 spiro atoms. The first-order valence-corrected chi connectivity index (χ1v) is 17.8. The van der Waals surface area contributed by atoms with E-state index in [4.69, 9.17) is 4.74 Å². The van der Waals surface area contributed by atoms with E-state index < -0.39 is 10.0 Å². The molecule has 1 aromatic carbocycles. The first kappa shape index (κ1) is 31.2. The van der Waals surface area contributed by atoms with E-state index in [-0.39, 0.29) is 59.0 Å². The van der Waals surface area contributed by atoms with Gasteiger partial charge in [-0.25, -0.2) is 8.42 Å². The number of piperidine rings is 1. The van der Waals surface area contributed by atoms with Gasteiger partial charge in [-0.15, -0.1) is 0 Å². The van der Waals surface area contributed by atoms with Crippen LogP contribution in [-0.4, -0.2) is 108 Å². The summed E-state index contributed by atoms with van der Waals surface area (Å²) in [7, 11) is -3.40. The second-order valence-corrected chi connectivity index (χ2v) is 15.1. The second kappa shape index (κ2) is 12.9. The van der Waals surface area contributed by atoms with Gasteiger partial charge in [0.25, 0.3) is 17.4 Å². The number of nitrogens with one attached hydrogen (secondary N) is 1. The number of nitrogens with zero attached hydrogens (tertiary/aromatic N) is 4. The van der Waals surface area contributed by atoms with E-state index >= 15 is 0 Å². The minimum Gasteiger partial charge on any atom is -0.368 e. The van der Waals surface area contributed by atoms with E-state index in [0.717, 1.165) is 49.4 Å². The summed E-state index contributed by atoms with van der Waals surface area (Å²) >= 11 is 0. The highest BCUT2D eigenvalue weighted by Gasteiger charge is 2.41. The van der Waals surface area contributed by atoms with Gasteiger partial charge in [0.15, 0.2) is 0 Å². The summed E-state index contributed by atoms with van der Waals surface area (Å²) in [4.78, 5) is 43.5. The van der Waals surface area contributed by atoms with Crippen LogP contribution in [0, 0.1) is 0 Å². The maximum Gasteiger partial charge on any atom is 0.264 e. The van der Waals surface area contributed by atoms with E-state index in [0.29, 0.717) is 45.8 Å². The van der Waals surface area contributed by atoms with Crippen molar-refractivity contribution < 1.29 is 22.7 Å². The fourth-order valence-electron chi connectivity index (χ4n) is 7.70. The number of hydrogen-bond donors (Lipinski definition) is 1. The number of fused-ring (bicyclic) bond motifs is 3. The van der Waals surface area contributed by atoms with Crippen LogP contribution in [-0.2, 0) is 19.6 Å². The van der Waals surface area contributed by atoms with Gasteiger partial charge < -0.3 is 19.5 Å². The summed E-state index contributed by atoms with van der Waals surface area (Å²) in [5.41, 5.74) is 0.729. The lowest BCUT2D eigenvalue weighted by atomic mass is 9.96. The average Bonchev–Trinajstić information content (AvgIpc) is 3.62. The van der Waals surface area contributed by atoms with E-state index in [9.17, 15) is 22.8 Å². The average molecular weight is 628 g/mol. The molecular formula is C32H45N5O6S. The molecule has 5 heterocycles. The summed E-state index contributed by atoms with van der Waals surface area (Å²) in [6.07, 6.45) is 5.46. The van der Waals surface area contributed by atoms with E-state index in [1.165, 1.54) is 4.31 Å². The van der Waals surface area contributed by atoms with Gasteiger partial charge in [-0.05, 0) is 82.9 Å². The Labute approximate surface area is 259 Å². The molecule has 1 aromatic heterocycles. The van der Waals surface area contributed by atoms with Gasteiger partial charge in [0.05, 0.1) is 11.3 Å². The molecule has 240 valence electrons. The predicted molar refractivity (Wildman–Crippen MR) is 168 cm³/mol. The van der Waals surface area contributed by atoms with Crippen LogP contribution in [0.3, 0.4) is 0 Å². The first-order chi connectivity index (χ1) is 21.1. The number of carbonyl (C=O) groups is 2. The van der Waals surface area contributed by atoms with Crippen LogP contribution in [0.5, 0.6) is 0 Å². The van der Waals surface area contributed by atoms with Crippen LogP contribution in [0.15, 0.2) is 35.1 Å². The Balaban J connectivity index is 1.00. The molecule has 2 amide bonds. The van der Waals surface area contributed by atoms with Crippen molar-refractivity contribution in [1.82, 2.24) is 24.0 Å². The van der Waals surface area contributed by atoms with Crippen LogP contribution in [0.4, 0.5) is 0 Å². The number of carbonyl (C=O) groups excluding carboxylic acids is 2. The van der Waals surface area contributed by atoms with Crippen LogP contribution >= 0.6 is 0 Å². The zero-order valence-corrected chi connectivity index (χ0v) is 26.6. The Bertz CT molecular complexity index is 1530. The van der Waals surface area contributed by atoms with Gasteiger partial charge in [-0.2, -0.15) is 4.31 Å². The lowest BCUT2D eigenvalue weighted by Gasteiger charge is -2.39. The number of benzene rings is 1. The molecule has 3 unspecified atom stereocenters. The molecule has 4 fully saturated rings. The van der Waals surface area contributed by atoms with Gasteiger partial charge in [-0.3, -0.25) is 19.3 Å². The topological polar surface area (TPSA) is 121 Å². The van der Waals surface area contributed by atoms with Gasteiger partial charge in [0, 0.05) is 57.0 Å². The van der Waals surface area contributed by atoms with E-state index in [2.05, 4.69) is 10.2 Å². The number of piperazine rings is 1. The van der Waals surface area contributed by atoms with Crippen LogP contribution in [0.2, 0.25) is 0 Å². The molecule has 11 nitrogen and oxygen atoms in total. The molecule has 44 heavy (non-hydrogen) atoms. The van der Waals surface area contributed by atoms with Gasteiger partial charge >= 0.3 is 0 Å². The normalized spacial score (nSPS) is 26.5. The molecule has 4 aliphatic rings. The smallest absolute Gasteiger partial charge is 0.264 e. The SMILES string of the molecule is CC(C)n1c(=O)c(C(=O)NC2CC3CCC(C2)N3CCCS(=O)(=O)N2CCN(C(=O)C3CCCO3)CC2)cc2ccccc21. The summed E-state index contributed by atoms with van der Waals surface area (Å²) in [5, 5.41) is 4.03. The van der Waals surface area contributed by atoms with Crippen LogP contribution in [0.1, 0.15) is 75.2 Å². The molecule has 3 atom stereocenters. The molecule has 2 bridgehead atoms. The number of amides is 2. The largest absolute Gasteiger partial charge is 0.368 e. The third-order valence-corrected chi connectivity index (χ3v) is 11.8. The van der Waals surface area contributed by atoms with Crippen molar-refractivity contribution in [2.24, 2.45) is 0 Å². The standard InChI is InChI=1S/C32H45N5O6S/c1-22(2)37-28-8-4-3-7-23(28)19-27(31(37)39)30(38)33-24-20-25-10-11-26(21-24)36(25)12-6-18-44(41,42)35-15-13-34(14-16-35)32(40)29-9-5-17-43-29/h3-4,7-8,19,22,24-26,29H,5-6,9-18,20-21H2,1-2H3,(H,33,38). The number of sulfonamides is 1. The Morgan fingerprint density at radius 2 is 1.73 bits per heavy atom. The van der Waals surface area contributed by atoms with Gasteiger partial charge in [0.1, 0.15) is 11.7 Å². The van der Waals surface area contributed by atoms with Crippen molar-refractivity contribution in [1.29, 1.82) is 0 Å². The number of para-hydroxylation sites is 1. The molecule has 12 heteroatoms. The molecule has 4 saturated heterocycles. The maximum absolute atomic E-state index is 13.4. The number of rotatable bonds is 9. The first-order valence-electron chi connectivity index (χ1n) is 16.2. The zero-order valence-electron chi connectivity index (χ0n) is 25.8. The molecule has 2 aromatic rings. The third-order valence-electron chi connectivity index (χ3n) is 9.89. The van der Waals surface area contributed by atoms with E-state index in [1.54, 1.807) is 15.5 Å². The summed E-state index contributed by atoms with van der Waals surface area (Å²) in [5.74, 6) is -0.247. The van der Waals surface area contributed by atoms with Crippen molar-refractivity contribution in [2.75, 3.05) is 45.1 Å². The second-order valence-electron chi connectivity index (χ2n) is 13.0. The molecule has 6 rings (SSSR count). The lowest BCUT2D eigenvalue weighted by Crippen LogP contribution is -2.53. The van der Waals surface area contributed by atoms with Gasteiger partial charge in [0.2, 0.25) is 10.0 Å². The lowest BCUT2D eigenvalue weighted by molar-refractivity contribution is -0.142. The Hall–Kier alpha value is -2.80. The molecule has 0 aliphatic carbocycles. The number of aromatic nitrogens is 1. The van der Waals surface area contributed by atoms with Crippen LogP contribution < -0.4 is 10.9 Å². The van der Waals surface area contributed by atoms with Crippen LogP contribution in [0.25, 0.3) is 10.9 Å². The highest BCUT2D eigenvalue weighted by molar-refractivity contribution is 7.89. The molecule has 4 aliphatic heterocycles. The predicted octanol–water partition coefficient (Wildman–Crippen LogP) is 2.35. The molecule has 0 radical (unpaired) electrons. The molecule has 0 saturated carbocycles. The number of ether oxygens (including phenoxy) is 1. The Morgan fingerprint density at radius 3 is 2.39 bits per heavy atom. The molecule has 1 N–H and O–H groups in total. The van der Waals surface area contributed by atoms with Crippen molar-refractivity contribution in [3.05, 3.63) is 46.2 Å². The molecular weight excluding hydrogens is 582 g/mol. The number of hydrogen-bond acceptors (Lipinski definition) is 7. The minimum atomic E-state index is -3.40. The van der Waals surface area contributed by atoms with Gasteiger partial charge in [-0.1, -0.05) is 18.2 Å². The highest BCUT2D eigenvalue weighted by Crippen LogP contribution is 2.36. The highest BCUT2D eigenvalue weighted by atomic mass is 32.2. The minimum absolute atomic E-state index is 0.0143. The third kappa shape index (κ3) is 6.31. The Morgan fingerprint density at radius 1 is 1.02 bits per heavy atom. The van der Waals surface area contributed by atoms with Crippen molar-refractivity contribution >= 4 is 32.7 Å². The fraction of sp³-hybridized carbons (Fsp3) is 0.656. The summed E-state index contributed by atoms with van der Waals surface area (Å²) in [6, 6.07) is 9.84. The summed E-state index contributed by atoms with van der Waals surface area (Å²) in [6.45, 7) is 6.69. The quantitative estimate of drug-likeness (QED) is 0.453.